The number of hydrogen-bond donors (Lipinski definition) is 0. The molecule has 0 aromatic rings. The summed E-state index contributed by atoms with van der Waals surface area (Å²) in [5.74, 6) is 1.09. The van der Waals surface area contributed by atoms with E-state index in [1.807, 2.05) is 0 Å². The van der Waals surface area contributed by atoms with Crippen LogP contribution in [0.15, 0.2) is 12.2 Å². The number of hydrogen-bond acceptors (Lipinski definition) is 0. The van der Waals surface area contributed by atoms with E-state index in [2.05, 4.69) is 32.9 Å². The molecule has 3 fully saturated rings. The van der Waals surface area contributed by atoms with E-state index in [-0.39, 0.29) is 0 Å². The minimum Gasteiger partial charge on any atom is -0.0965 e. The van der Waals surface area contributed by atoms with E-state index >= 15 is 0 Å². The quantitative estimate of drug-likeness (QED) is 0.352. The lowest BCUT2D eigenvalue weighted by Crippen LogP contribution is -2.28. The molecule has 0 saturated heterocycles. The van der Waals surface area contributed by atoms with Crippen molar-refractivity contribution in [2.45, 2.75) is 107 Å². The molecule has 130 valence electrons. The largest absolute Gasteiger partial charge is 0.266 e. The van der Waals surface area contributed by atoms with Gasteiger partial charge in [-0.15, -0.1) is 0 Å². The van der Waals surface area contributed by atoms with Crippen molar-refractivity contribution in [1.29, 1.82) is 0 Å². The second-order valence-corrected chi connectivity index (χ2v) is 12.8. The summed E-state index contributed by atoms with van der Waals surface area (Å²) in [6.45, 7) is 7.35. The maximum atomic E-state index is 2.75. The fourth-order valence-corrected chi connectivity index (χ4v) is 11.3. The van der Waals surface area contributed by atoms with Crippen LogP contribution in [0.25, 0.3) is 0 Å². The molecule has 0 aliphatic heterocycles. The Hall–Kier alpha value is 0.272. The molecule has 3 rings (SSSR count). The van der Waals surface area contributed by atoms with E-state index in [1.54, 1.807) is 23.4 Å². The molecular formula is C22H39Al. The van der Waals surface area contributed by atoms with Crippen LogP contribution in [0, 0.1) is 16.7 Å². The highest BCUT2D eigenvalue weighted by atomic mass is 27.2. The molecule has 0 amide bonds. The third-order valence-electron chi connectivity index (χ3n) is 7.96. The van der Waals surface area contributed by atoms with Gasteiger partial charge in [-0.25, -0.2) is 0 Å². The molecule has 3 aliphatic carbocycles. The van der Waals surface area contributed by atoms with Crippen LogP contribution in [-0.4, -0.2) is 14.1 Å². The summed E-state index contributed by atoms with van der Waals surface area (Å²) in [6, 6.07) is 0. The van der Waals surface area contributed by atoms with Gasteiger partial charge in [0.05, 0.1) is 0 Å². The Morgan fingerprint density at radius 1 is 0.826 bits per heavy atom. The Kier molecular flexibility index (Phi) is 6.02. The minimum atomic E-state index is -0.535. The van der Waals surface area contributed by atoms with Gasteiger partial charge in [-0.3, -0.25) is 0 Å². The fraction of sp³-hybridized carbons (Fsp3) is 0.909. The van der Waals surface area contributed by atoms with Crippen LogP contribution >= 0.6 is 0 Å². The topological polar surface area (TPSA) is 0 Å². The van der Waals surface area contributed by atoms with Gasteiger partial charge >= 0.3 is 0 Å². The predicted molar refractivity (Wildman–Crippen MR) is 104 cm³/mol. The van der Waals surface area contributed by atoms with Crippen molar-refractivity contribution < 1.29 is 0 Å². The summed E-state index contributed by atoms with van der Waals surface area (Å²) in [5, 5.41) is 3.10. The van der Waals surface area contributed by atoms with Crippen molar-refractivity contribution in [1.82, 2.24) is 0 Å². The third-order valence-corrected chi connectivity index (χ3v) is 12.1. The first-order chi connectivity index (χ1) is 11.2. The van der Waals surface area contributed by atoms with Gasteiger partial charge in [0.25, 0.3) is 14.1 Å². The van der Waals surface area contributed by atoms with Crippen molar-refractivity contribution in [2.75, 3.05) is 0 Å². The van der Waals surface area contributed by atoms with Crippen molar-refractivity contribution in [2.24, 2.45) is 16.7 Å². The first-order valence-electron chi connectivity index (χ1n) is 10.9. The Morgan fingerprint density at radius 2 is 1.39 bits per heavy atom. The summed E-state index contributed by atoms with van der Waals surface area (Å²) in [7, 11) is 0. The molecule has 1 heteroatoms. The maximum Gasteiger partial charge on any atom is 0.266 e. The SMILES string of the molecule is CC/C=C/C1([C@H]2[C@@H]([Al]([CH2]C)[CH2]C)C23CCCCC3)CCCCC1. The van der Waals surface area contributed by atoms with E-state index < -0.39 is 14.1 Å². The Balaban J connectivity index is 1.91. The molecule has 0 radical (unpaired) electrons. The summed E-state index contributed by atoms with van der Waals surface area (Å²) in [4.78, 5) is 0. The van der Waals surface area contributed by atoms with E-state index in [0.29, 0.717) is 5.41 Å². The standard InChI is InChI=1S/C18H29.2C2H5.Al/c1-2-3-10-17(11-6-4-7-12-17)16-15-18(16)13-8-5-9-14-18;2*1-2;/h3,10,15-16H,2,4-9,11-14H2,1H3;2*1H2,2H3;/b10-3+;;;/t16-;;;/m1.../s1. The molecule has 0 aromatic carbocycles. The van der Waals surface area contributed by atoms with E-state index in [1.165, 1.54) is 62.6 Å². The molecule has 23 heavy (non-hydrogen) atoms. The van der Waals surface area contributed by atoms with Gasteiger partial charge in [-0.2, -0.15) is 0 Å². The lowest BCUT2D eigenvalue weighted by Gasteiger charge is -2.39. The summed E-state index contributed by atoms with van der Waals surface area (Å²) >= 11 is -0.535. The highest BCUT2D eigenvalue weighted by Crippen LogP contribution is 2.79. The van der Waals surface area contributed by atoms with Crippen LogP contribution < -0.4 is 0 Å². The van der Waals surface area contributed by atoms with Crippen LogP contribution in [-0.2, 0) is 0 Å². The van der Waals surface area contributed by atoms with Crippen molar-refractivity contribution in [3.63, 3.8) is 0 Å². The maximum absolute atomic E-state index is 2.75. The van der Waals surface area contributed by atoms with Gasteiger partial charge in [-0.05, 0) is 48.9 Å². The molecule has 0 aromatic heterocycles. The predicted octanol–water partition coefficient (Wildman–Crippen LogP) is 7.39. The van der Waals surface area contributed by atoms with Gasteiger partial charge in [0.2, 0.25) is 0 Å². The normalized spacial score (nSPS) is 32.3. The lowest BCUT2D eigenvalue weighted by molar-refractivity contribution is 0.166. The molecule has 3 saturated carbocycles. The van der Waals surface area contributed by atoms with Crippen molar-refractivity contribution >= 4 is 14.1 Å². The average molecular weight is 331 g/mol. The Morgan fingerprint density at radius 3 is 1.91 bits per heavy atom. The Bertz CT molecular complexity index is 394. The van der Waals surface area contributed by atoms with Crippen molar-refractivity contribution in [3.8, 4) is 0 Å². The Labute approximate surface area is 149 Å². The van der Waals surface area contributed by atoms with Gasteiger partial charge in [0, 0.05) is 0 Å². The second-order valence-electron chi connectivity index (χ2n) is 8.98. The van der Waals surface area contributed by atoms with E-state index in [0.717, 1.165) is 11.3 Å². The summed E-state index contributed by atoms with van der Waals surface area (Å²) in [6.07, 6.45) is 21.8. The zero-order valence-electron chi connectivity index (χ0n) is 16.1. The molecule has 0 heterocycles. The monoisotopic (exact) mass is 330 g/mol. The van der Waals surface area contributed by atoms with Gasteiger partial charge in [0.1, 0.15) is 0 Å². The number of rotatable bonds is 6. The molecule has 3 aliphatic rings. The summed E-state index contributed by atoms with van der Waals surface area (Å²) in [5.41, 5.74) is 1.43. The average Bonchev–Trinajstić information content (AvgIpc) is 3.23. The van der Waals surface area contributed by atoms with E-state index in [4.69, 9.17) is 0 Å². The van der Waals surface area contributed by atoms with Crippen LogP contribution in [0.3, 0.4) is 0 Å². The smallest absolute Gasteiger partial charge is 0.0965 e. The first kappa shape index (κ1) is 18.1. The molecule has 2 atom stereocenters. The van der Waals surface area contributed by atoms with Crippen LogP contribution in [0.5, 0.6) is 0 Å². The molecule has 0 N–H and O–H groups in total. The van der Waals surface area contributed by atoms with Crippen LogP contribution in [0.1, 0.15) is 91.4 Å². The fourth-order valence-electron chi connectivity index (χ4n) is 6.99. The zero-order chi connectivity index (χ0) is 16.3. The molecule has 0 nitrogen and oxygen atoms in total. The minimum absolute atomic E-state index is 0.535. The molecule has 0 unspecified atom stereocenters. The van der Waals surface area contributed by atoms with Crippen LogP contribution in [0.2, 0.25) is 15.3 Å². The van der Waals surface area contributed by atoms with Crippen LogP contribution in [0.4, 0.5) is 0 Å². The zero-order valence-corrected chi connectivity index (χ0v) is 17.2. The lowest BCUT2D eigenvalue weighted by atomic mass is 9.66. The van der Waals surface area contributed by atoms with Gasteiger partial charge < -0.3 is 0 Å². The molecule has 0 bridgehead atoms. The van der Waals surface area contributed by atoms with Gasteiger partial charge in [-0.1, -0.05) is 86.8 Å². The van der Waals surface area contributed by atoms with Gasteiger partial charge in [0.15, 0.2) is 0 Å². The summed E-state index contributed by atoms with van der Waals surface area (Å²) < 4.78 is 1.19. The number of allylic oxidation sites excluding steroid dienone is 2. The van der Waals surface area contributed by atoms with Crippen molar-refractivity contribution in [3.05, 3.63) is 12.2 Å². The third kappa shape index (κ3) is 3.23. The molecular weight excluding hydrogens is 291 g/mol. The highest BCUT2D eigenvalue weighted by Gasteiger charge is 2.70. The highest BCUT2D eigenvalue weighted by molar-refractivity contribution is 6.61. The second kappa shape index (κ2) is 7.66. The van der Waals surface area contributed by atoms with E-state index in [9.17, 15) is 0 Å². The first-order valence-corrected chi connectivity index (χ1v) is 13.2. The molecule has 1 spiro atoms.